The van der Waals surface area contributed by atoms with Crippen LogP contribution in [0.25, 0.3) is 0 Å². The zero-order valence-corrected chi connectivity index (χ0v) is 12.8. The summed E-state index contributed by atoms with van der Waals surface area (Å²) in [6.07, 6.45) is 5.02. The van der Waals surface area contributed by atoms with Gasteiger partial charge in [-0.15, -0.1) is 0 Å². The number of ether oxygens (including phenoxy) is 1. The molecular weight excluding hydrogens is 322 g/mol. The van der Waals surface area contributed by atoms with Crippen molar-refractivity contribution >= 4 is 33.5 Å². The summed E-state index contributed by atoms with van der Waals surface area (Å²) in [4.78, 5) is 23.3. The van der Waals surface area contributed by atoms with Crippen LogP contribution in [0.3, 0.4) is 0 Å². The first kappa shape index (κ1) is 15.0. The van der Waals surface area contributed by atoms with Crippen LogP contribution in [0.2, 0.25) is 0 Å². The maximum Gasteiger partial charge on any atom is 0.306 e. The molecule has 1 N–H and O–H groups in total. The summed E-state index contributed by atoms with van der Waals surface area (Å²) in [6.45, 7) is -0.224. The van der Waals surface area contributed by atoms with Gasteiger partial charge in [0.2, 0.25) is 0 Å². The van der Waals surface area contributed by atoms with Crippen molar-refractivity contribution in [3.05, 3.63) is 28.7 Å². The highest BCUT2D eigenvalue weighted by atomic mass is 79.9. The first-order valence-corrected chi connectivity index (χ1v) is 7.64. The van der Waals surface area contributed by atoms with Crippen molar-refractivity contribution in [1.29, 1.82) is 0 Å². The van der Waals surface area contributed by atoms with Crippen LogP contribution in [0.4, 0.5) is 5.69 Å². The minimum absolute atomic E-state index is 0.224. The summed E-state index contributed by atoms with van der Waals surface area (Å²) in [5, 5.41) is 2.69. The molecule has 0 aromatic heterocycles. The Labute approximate surface area is 127 Å². The zero-order chi connectivity index (χ0) is 14.4. The number of nitrogens with one attached hydrogen (secondary N) is 1. The normalized spacial score (nSPS) is 15.1. The van der Waals surface area contributed by atoms with Gasteiger partial charge in [0.05, 0.1) is 0 Å². The molecule has 1 aliphatic carbocycles. The van der Waals surface area contributed by atoms with Gasteiger partial charge in [-0.2, -0.15) is 0 Å². The topological polar surface area (TPSA) is 55.4 Å². The maximum absolute atomic E-state index is 11.7. The van der Waals surface area contributed by atoms with Crippen molar-refractivity contribution in [2.75, 3.05) is 11.9 Å². The molecule has 1 aliphatic rings. The molecule has 0 spiro atoms. The van der Waals surface area contributed by atoms with Gasteiger partial charge in [0.25, 0.3) is 5.91 Å². The van der Waals surface area contributed by atoms with Gasteiger partial charge in [-0.05, 0) is 37.0 Å². The van der Waals surface area contributed by atoms with E-state index in [-0.39, 0.29) is 18.5 Å². The van der Waals surface area contributed by atoms with Crippen LogP contribution in [-0.4, -0.2) is 18.5 Å². The number of rotatable bonds is 5. The van der Waals surface area contributed by atoms with E-state index in [1.54, 1.807) is 12.1 Å². The predicted molar refractivity (Wildman–Crippen MR) is 80.3 cm³/mol. The van der Waals surface area contributed by atoms with Gasteiger partial charge in [-0.25, -0.2) is 0 Å². The summed E-state index contributed by atoms with van der Waals surface area (Å²) in [6, 6.07) is 7.27. The summed E-state index contributed by atoms with van der Waals surface area (Å²) < 4.78 is 5.89. The van der Waals surface area contributed by atoms with Gasteiger partial charge in [-0.3, -0.25) is 9.59 Å². The van der Waals surface area contributed by atoms with Gasteiger partial charge in [-0.1, -0.05) is 34.8 Å². The lowest BCUT2D eigenvalue weighted by molar-refractivity contribution is -0.148. The van der Waals surface area contributed by atoms with Crippen molar-refractivity contribution < 1.29 is 14.3 Å². The van der Waals surface area contributed by atoms with Gasteiger partial charge in [0.15, 0.2) is 6.61 Å². The lowest BCUT2D eigenvalue weighted by atomic mass is 10.1. The highest BCUT2D eigenvalue weighted by Crippen LogP contribution is 2.27. The second-order valence-electron chi connectivity index (χ2n) is 5.07. The Morgan fingerprint density at radius 1 is 1.30 bits per heavy atom. The predicted octanol–water partition coefficient (Wildman–Crippen LogP) is 3.51. The molecule has 1 amide bonds. The Balaban J connectivity index is 1.70. The zero-order valence-electron chi connectivity index (χ0n) is 11.2. The fraction of sp³-hybridized carbons (Fsp3) is 0.467. The molecule has 5 heteroatoms. The number of amides is 1. The number of carbonyl (C=O) groups is 2. The molecule has 4 nitrogen and oxygen atoms in total. The van der Waals surface area contributed by atoms with E-state index in [0.29, 0.717) is 18.0 Å². The summed E-state index contributed by atoms with van der Waals surface area (Å²) in [5.41, 5.74) is 0.677. The lowest BCUT2D eigenvalue weighted by Crippen LogP contribution is -2.21. The molecule has 0 radical (unpaired) electrons. The highest BCUT2D eigenvalue weighted by molar-refractivity contribution is 9.10. The second kappa shape index (κ2) is 7.43. The van der Waals surface area contributed by atoms with Crippen molar-refractivity contribution in [3.63, 3.8) is 0 Å². The molecule has 0 saturated heterocycles. The van der Waals surface area contributed by atoms with E-state index in [1.165, 1.54) is 12.8 Å². The van der Waals surface area contributed by atoms with Crippen molar-refractivity contribution in [2.24, 2.45) is 5.92 Å². The Hall–Kier alpha value is -1.36. The molecule has 0 unspecified atom stereocenters. The molecule has 0 atom stereocenters. The van der Waals surface area contributed by atoms with Crippen molar-refractivity contribution in [1.82, 2.24) is 0 Å². The molecule has 0 aliphatic heterocycles. The van der Waals surface area contributed by atoms with Crippen molar-refractivity contribution in [2.45, 2.75) is 32.1 Å². The number of benzene rings is 1. The van der Waals surface area contributed by atoms with E-state index in [9.17, 15) is 9.59 Å². The first-order chi connectivity index (χ1) is 9.63. The Kier molecular flexibility index (Phi) is 5.59. The number of hydrogen-bond acceptors (Lipinski definition) is 3. The van der Waals surface area contributed by atoms with Gasteiger partial charge in [0.1, 0.15) is 0 Å². The third-order valence-corrected chi connectivity index (χ3v) is 3.90. The average Bonchev–Trinajstić information content (AvgIpc) is 2.89. The molecule has 1 aromatic carbocycles. The SMILES string of the molecule is O=C(COC(=O)CC1CCCC1)Nc1cccc(Br)c1. The highest BCUT2D eigenvalue weighted by Gasteiger charge is 2.19. The van der Waals surface area contributed by atoms with Crippen LogP contribution in [-0.2, 0) is 14.3 Å². The van der Waals surface area contributed by atoms with Crippen LogP contribution >= 0.6 is 15.9 Å². The molecule has 0 bridgehead atoms. The van der Waals surface area contributed by atoms with Crippen LogP contribution in [0, 0.1) is 5.92 Å². The monoisotopic (exact) mass is 339 g/mol. The molecular formula is C15H18BrNO3. The molecule has 20 heavy (non-hydrogen) atoms. The Morgan fingerprint density at radius 2 is 2.05 bits per heavy atom. The minimum atomic E-state index is -0.317. The quantitative estimate of drug-likeness (QED) is 0.835. The number of halogens is 1. The Bertz CT molecular complexity index is 484. The van der Waals surface area contributed by atoms with E-state index in [0.717, 1.165) is 17.3 Å². The molecule has 1 aromatic rings. The summed E-state index contributed by atoms with van der Waals surface area (Å²) in [7, 11) is 0. The van der Waals surface area contributed by atoms with Gasteiger partial charge < -0.3 is 10.1 Å². The molecule has 1 saturated carbocycles. The fourth-order valence-corrected chi connectivity index (χ4v) is 2.82. The van der Waals surface area contributed by atoms with Crippen LogP contribution in [0.15, 0.2) is 28.7 Å². The Morgan fingerprint density at radius 3 is 2.75 bits per heavy atom. The van der Waals surface area contributed by atoms with Crippen LogP contribution < -0.4 is 5.32 Å². The van der Waals surface area contributed by atoms with E-state index < -0.39 is 0 Å². The molecule has 0 heterocycles. The fourth-order valence-electron chi connectivity index (χ4n) is 2.42. The van der Waals surface area contributed by atoms with Gasteiger partial charge in [0, 0.05) is 16.6 Å². The van der Waals surface area contributed by atoms with E-state index >= 15 is 0 Å². The average molecular weight is 340 g/mol. The molecule has 108 valence electrons. The maximum atomic E-state index is 11.7. The van der Waals surface area contributed by atoms with E-state index in [2.05, 4.69) is 21.2 Å². The van der Waals surface area contributed by atoms with E-state index in [4.69, 9.17) is 4.74 Å². The number of anilines is 1. The van der Waals surface area contributed by atoms with E-state index in [1.807, 2.05) is 12.1 Å². The standard InChI is InChI=1S/C15H18BrNO3/c16-12-6-3-7-13(9-12)17-14(18)10-20-15(19)8-11-4-1-2-5-11/h3,6-7,9,11H,1-2,4-5,8,10H2,(H,17,18). The largest absolute Gasteiger partial charge is 0.456 e. The third-order valence-electron chi connectivity index (χ3n) is 3.40. The van der Waals surface area contributed by atoms with Gasteiger partial charge >= 0.3 is 5.97 Å². The van der Waals surface area contributed by atoms with Crippen molar-refractivity contribution in [3.8, 4) is 0 Å². The second-order valence-corrected chi connectivity index (χ2v) is 5.99. The number of hydrogen-bond donors (Lipinski definition) is 1. The first-order valence-electron chi connectivity index (χ1n) is 6.84. The van der Waals surface area contributed by atoms with Crippen LogP contribution in [0.1, 0.15) is 32.1 Å². The number of carbonyl (C=O) groups excluding carboxylic acids is 2. The third kappa shape index (κ3) is 4.96. The summed E-state index contributed by atoms with van der Waals surface area (Å²) >= 11 is 3.33. The molecule has 1 fully saturated rings. The smallest absolute Gasteiger partial charge is 0.306 e. The number of esters is 1. The minimum Gasteiger partial charge on any atom is -0.456 e. The van der Waals surface area contributed by atoms with Crippen LogP contribution in [0.5, 0.6) is 0 Å². The summed E-state index contributed by atoms with van der Waals surface area (Å²) in [5.74, 6) is -0.153. The lowest BCUT2D eigenvalue weighted by Gasteiger charge is -2.09. The molecule has 2 rings (SSSR count).